The van der Waals surface area contributed by atoms with Gasteiger partial charge in [-0.2, -0.15) is 0 Å². The average molecular weight is 327 g/mol. The topological polar surface area (TPSA) is 35.5 Å². The molecule has 1 aromatic carbocycles. The van der Waals surface area contributed by atoms with E-state index in [1.807, 2.05) is 0 Å². The van der Waals surface area contributed by atoms with E-state index in [0.29, 0.717) is 13.1 Å². The van der Waals surface area contributed by atoms with Crippen LogP contribution in [0.15, 0.2) is 12.1 Å². The summed E-state index contributed by atoms with van der Waals surface area (Å²) >= 11 is 5.52. The van der Waals surface area contributed by atoms with Gasteiger partial charge in [0.05, 0.1) is 0 Å². The summed E-state index contributed by atoms with van der Waals surface area (Å²) < 4.78 is 56.1. The van der Waals surface area contributed by atoms with Crippen LogP contribution in [0.4, 0.5) is 17.6 Å². The second kappa shape index (κ2) is 6.48. The molecule has 1 aliphatic heterocycles. The second-order valence-electron chi connectivity index (χ2n) is 4.89. The molecule has 1 aromatic rings. The Bertz CT molecular complexity index is 486. The normalized spacial score (nSPS) is 18.8. The van der Waals surface area contributed by atoms with Crippen LogP contribution < -0.4 is 5.32 Å². The Morgan fingerprint density at radius 1 is 1.24 bits per heavy atom. The van der Waals surface area contributed by atoms with Crippen LogP contribution in [-0.2, 0) is 0 Å². The van der Waals surface area contributed by atoms with Crippen molar-refractivity contribution in [1.29, 1.82) is 0 Å². The Balaban J connectivity index is 2.49. The first-order valence-electron chi connectivity index (χ1n) is 6.44. The lowest BCUT2D eigenvalue weighted by molar-refractivity contribution is -0.120. The predicted molar refractivity (Wildman–Crippen MR) is 70.6 cm³/mol. The summed E-state index contributed by atoms with van der Waals surface area (Å²) in [5, 5.41) is 11.7. The van der Waals surface area contributed by atoms with Crippen molar-refractivity contribution in [2.24, 2.45) is 0 Å². The van der Waals surface area contributed by atoms with E-state index in [1.165, 1.54) is 4.90 Å². The van der Waals surface area contributed by atoms with E-state index in [2.05, 4.69) is 5.32 Å². The summed E-state index contributed by atoms with van der Waals surface area (Å²) in [5.41, 5.74) is -0.764. The molecule has 2 N–H and O–H groups in total. The van der Waals surface area contributed by atoms with Crippen molar-refractivity contribution < 1.29 is 22.7 Å². The van der Waals surface area contributed by atoms with E-state index >= 15 is 0 Å². The van der Waals surface area contributed by atoms with Crippen LogP contribution in [0, 0.1) is 11.6 Å². The Morgan fingerprint density at radius 3 is 2.24 bits per heavy atom. The molecule has 0 radical (unpaired) electrons. The number of aliphatic hydroxyl groups is 1. The van der Waals surface area contributed by atoms with Crippen molar-refractivity contribution in [2.75, 3.05) is 32.8 Å². The highest BCUT2D eigenvalue weighted by Crippen LogP contribution is 2.39. The largest absolute Gasteiger partial charge is 0.390 e. The average Bonchev–Trinajstić information content (AvgIpc) is 2.43. The fourth-order valence-corrected chi connectivity index (χ4v) is 2.69. The van der Waals surface area contributed by atoms with Crippen molar-refractivity contribution in [3.8, 4) is 0 Å². The van der Waals surface area contributed by atoms with Gasteiger partial charge in [0, 0.05) is 36.8 Å². The molecule has 0 amide bonds. The molecule has 0 saturated carbocycles. The fourth-order valence-electron chi connectivity index (χ4n) is 2.50. The third kappa shape index (κ3) is 3.48. The quantitative estimate of drug-likeness (QED) is 0.833. The number of rotatable bonds is 4. The first-order valence-corrected chi connectivity index (χ1v) is 6.82. The van der Waals surface area contributed by atoms with Crippen molar-refractivity contribution in [3.05, 3.63) is 34.4 Å². The second-order valence-corrected chi connectivity index (χ2v) is 5.33. The van der Waals surface area contributed by atoms with E-state index in [0.717, 1.165) is 12.1 Å². The van der Waals surface area contributed by atoms with Crippen LogP contribution in [0.5, 0.6) is 0 Å². The van der Waals surface area contributed by atoms with E-state index in [9.17, 15) is 17.6 Å². The maximum Gasteiger partial charge on any atom is 0.290 e. The number of aliphatic hydroxyl groups excluding tert-OH is 1. The molecule has 2 rings (SSSR count). The zero-order chi connectivity index (χ0) is 15.6. The first-order chi connectivity index (χ1) is 9.86. The Labute approximate surface area is 124 Å². The lowest BCUT2D eigenvalue weighted by Gasteiger charge is -2.38. The zero-order valence-electron chi connectivity index (χ0n) is 11.1. The van der Waals surface area contributed by atoms with Gasteiger partial charge in [-0.15, -0.1) is 0 Å². The van der Waals surface area contributed by atoms with Crippen LogP contribution in [0.3, 0.4) is 0 Å². The van der Waals surface area contributed by atoms with Gasteiger partial charge in [0.25, 0.3) is 5.92 Å². The minimum absolute atomic E-state index is 0.196. The maximum atomic E-state index is 14.1. The minimum Gasteiger partial charge on any atom is -0.390 e. The highest BCUT2D eigenvalue weighted by atomic mass is 35.5. The monoisotopic (exact) mass is 326 g/mol. The number of hydrogen-bond acceptors (Lipinski definition) is 3. The number of alkyl halides is 2. The van der Waals surface area contributed by atoms with Gasteiger partial charge in [-0.05, 0) is 12.1 Å². The molecule has 0 spiro atoms. The van der Waals surface area contributed by atoms with Crippen molar-refractivity contribution in [3.63, 3.8) is 0 Å². The summed E-state index contributed by atoms with van der Waals surface area (Å²) in [4.78, 5) is 1.27. The molecule has 0 aromatic heterocycles. The smallest absolute Gasteiger partial charge is 0.290 e. The van der Waals surface area contributed by atoms with Crippen LogP contribution >= 0.6 is 11.6 Å². The molecule has 1 aliphatic rings. The van der Waals surface area contributed by atoms with E-state index in [4.69, 9.17) is 16.7 Å². The van der Waals surface area contributed by atoms with Crippen LogP contribution in [0.25, 0.3) is 0 Å². The SMILES string of the molecule is OCC(F)(F)[C@H](c1c(F)cc(Cl)cc1F)N1CCNCC1. The number of halogens is 5. The van der Waals surface area contributed by atoms with Gasteiger partial charge in [0.1, 0.15) is 24.3 Å². The van der Waals surface area contributed by atoms with E-state index < -0.39 is 35.8 Å². The molecule has 8 heteroatoms. The molecule has 1 saturated heterocycles. The Morgan fingerprint density at radius 2 is 1.76 bits per heavy atom. The first kappa shape index (κ1) is 16.5. The van der Waals surface area contributed by atoms with Gasteiger partial charge in [0.15, 0.2) is 0 Å². The highest BCUT2D eigenvalue weighted by Gasteiger charge is 2.46. The van der Waals surface area contributed by atoms with Gasteiger partial charge >= 0.3 is 0 Å². The summed E-state index contributed by atoms with van der Waals surface area (Å²) in [7, 11) is 0. The molecule has 3 nitrogen and oxygen atoms in total. The van der Waals surface area contributed by atoms with Crippen molar-refractivity contribution in [2.45, 2.75) is 12.0 Å². The third-order valence-electron chi connectivity index (χ3n) is 3.44. The van der Waals surface area contributed by atoms with E-state index in [-0.39, 0.29) is 18.1 Å². The predicted octanol–water partition coefficient (Wildman–Crippen LogP) is 2.19. The lowest BCUT2D eigenvalue weighted by Crippen LogP contribution is -2.51. The Kier molecular flexibility index (Phi) is 5.08. The molecule has 21 heavy (non-hydrogen) atoms. The highest BCUT2D eigenvalue weighted by molar-refractivity contribution is 6.30. The zero-order valence-corrected chi connectivity index (χ0v) is 11.8. The maximum absolute atomic E-state index is 14.1. The number of piperazine rings is 1. The van der Waals surface area contributed by atoms with Crippen LogP contribution in [0.1, 0.15) is 11.6 Å². The fraction of sp³-hybridized carbons (Fsp3) is 0.538. The molecular weight excluding hydrogens is 312 g/mol. The molecule has 0 unspecified atom stereocenters. The molecule has 0 aliphatic carbocycles. The molecule has 0 bridgehead atoms. The van der Waals surface area contributed by atoms with Gasteiger partial charge < -0.3 is 10.4 Å². The number of hydrogen-bond donors (Lipinski definition) is 2. The Hall–Kier alpha value is -0.890. The van der Waals surface area contributed by atoms with Crippen LogP contribution in [0.2, 0.25) is 5.02 Å². The molecular formula is C13H15ClF4N2O. The molecule has 1 atom stereocenters. The number of nitrogens with zero attached hydrogens (tertiary/aromatic N) is 1. The molecule has 1 fully saturated rings. The van der Waals surface area contributed by atoms with Gasteiger partial charge in [-0.1, -0.05) is 11.6 Å². The van der Waals surface area contributed by atoms with Crippen LogP contribution in [-0.4, -0.2) is 48.7 Å². The summed E-state index contributed by atoms with van der Waals surface area (Å²) in [6, 6.07) is -0.285. The van der Waals surface area contributed by atoms with Crippen molar-refractivity contribution in [1.82, 2.24) is 10.2 Å². The van der Waals surface area contributed by atoms with Gasteiger partial charge in [-0.25, -0.2) is 17.6 Å². The standard InChI is InChI=1S/C13H15ClF4N2O/c14-8-5-9(15)11(10(16)6-8)12(13(17,18)7-21)20-3-1-19-2-4-20/h5-6,12,19,21H,1-4,7H2/t12-/m0/s1. The van der Waals surface area contributed by atoms with Gasteiger partial charge in [-0.3, -0.25) is 4.90 Å². The molecule has 118 valence electrons. The summed E-state index contributed by atoms with van der Waals surface area (Å²) in [6.07, 6.45) is 0. The minimum atomic E-state index is -3.67. The van der Waals surface area contributed by atoms with Crippen molar-refractivity contribution >= 4 is 11.6 Å². The number of benzene rings is 1. The summed E-state index contributed by atoms with van der Waals surface area (Å²) in [6.45, 7) is -0.254. The van der Waals surface area contributed by atoms with E-state index in [1.54, 1.807) is 0 Å². The van der Waals surface area contributed by atoms with Gasteiger partial charge in [0.2, 0.25) is 0 Å². The lowest BCUT2D eigenvalue weighted by atomic mass is 9.97. The third-order valence-corrected chi connectivity index (χ3v) is 3.66. The molecule has 1 heterocycles. The summed E-state index contributed by atoms with van der Waals surface area (Å²) in [5.74, 6) is -5.96. The number of nitrogens with one attached hydrogen (secondary N) is 1.